The van der Waals surface area contributed by atoms with E-state index in [2.05, 4.69) is 4.37 Å². The number of aromatic nitrogens is 1. The summed E-state index contributed by atoms with van der Waals surface area (Å²) in [4.78, 5) is 19.9. The first-order valence-corrected chi connectivity index (χ1v) is 5.03. The van der Waals surface area contributed by atoms with E-state index >= 15 is 0 Å². The van der Waals surface area contributed by atoms with Gasteiger partial charge in [0.05, 0.1) is 20.6 Å². The molecule has 2 aromatic rings. The molecule has 0 spiro atoms. The van der Waals surface area contributed by atoms with Gasteiger partial charge in [-0.3, -0.25) is 20.2 Å². The maximum absolute atomic E-state index is 10.7. The smallest absolute Gasteiger partial charge is 0.258 e. The largest absolute Gasteiger partial charge is 0.288 e. The second-order valence-corrected chi connectivity index (χ2v) is 3.99. The molecule has 9 heteroatoms. The lowest BCUT2D eigenvalue weighted by molar-refractivity contribution is -0.393. The maximum Gasteiger partial charge on any atom is 0.288 e. The number of benzene rings is 1. The summed E-state index contributed by atoms with van der Waals surface area (Å²) < 4.78 is 4.04. The summed E-state index contributed by atoms with van der Waals surface area (Å²) in [5.41, 5.74) is -0.748. The molecule has 2 rings (SSSR count). The Labute approximate surface area is 96.7 Å². The van der Waals surface area contributed by atoms with Gasteiger partial charge in [-0.1, -0.05) is 11.6 Å². The number of hydrogen-bond acceptors (Lipinski definition) is 6. The van der Waals surface area contributed by atoms with Crippen LogP contribution in [0.1, 0.15) is 0 Å². The number of fused-ring (bicyclic) bond motifs is 1. The van der Waals surface area contributed by atoms with E-state index in [-0.39, 0.29) is 16.2 Å². The van der Waals surface area contributed by atoms with Gasteiger partial charge < -0.3 is 0 Å². The summed E-state index contributed by atoms with van der Waals surface area (Å²) in [6.07, 6.45) is 0. The highest BCUT2D eigenvalue weighted by Gasteiger charge is 2.23. The highest BCUT2D eigenvalue weighted by atomic mass is 35.5. The first-order chi connectivity index (χ1) is 7.50. The average Bonchev–Trinajstić information content (AvgIpc) is 2.59. The number of non-ortho nitro benzene ring substituents is 2. The lowest BCUT2D eigenvalue weighted by Gasteiger charge is -1.95. The van der Waals surface area contributed by atoms with E-state index in [0.29, 0.717) is 4.70 Å². The highest BCUT2D eigenvalue weighted by molar-refractivity contribution is 7.13. The van der Waals surface area contributed by atoms with Gasteiger partial charge in [0.15, 0.2) is 5.15 Å². The van der Waals surface area contributed by atoms with Crippen LogP contribution in [0.15, 0.2) is 12.1 Å². The summed E-state index contributed by atoms with van der Waals surface area (Å²) >= 11 is 6.56. The van der Waals surface area contributed by atoms with E-state index in [9.17, 15) is 20.2 Å². The van der Waals surface area contributed by atoms with Crippen molar-refractivity contribution in [3.05, 3.63) is 37.5 Å². The zero-order chi connectivity index (χ0) is 11.9. The SMILES string of the molecule is O=[N+]([O-])c1cc([N+](=O)[O-])c2c(Cl)nsc2c1. The minimum atomic E-state index is -0.713. The molecule has 1 heterocycles. The van der Waals surface area contributed by atoms with Crippen molar-refractivity contribution in [3.8, 4) is 0 Å². The third kappa shape index (κ3) is 1.57. The summed E-state index contributed by atoms with van der Waals surface area (Å²) in [6, 6.07) is 2.09. The molecule has 0 atom stereocenters. The lowest BCUT2D eigenvalue weighted by Crippen LogP contribution is -1.92. The Balaban J connectivity index is 2.86. The molecule has 0 aliphatic carbocycles. The van der Waals surface area contributed by atoms with Gasteiger partial charge >= 0.3 is 0 Å². The van der Waals surface area contributed by atoms with E-state index in [1.165, 1.54) is 6.07 Å². The van der Waals surface area contributed by atoms with E-state index in [0.717, 1.165) is 17.6 Å². The Morgan fingerprint density at radius 1 is 1.25 bits per heavy atom. The van der Waals surface area contributed by atoms with E-state index in [1.54, 1.807) is 0 Å². The average molecular weight is 260 g/mol. The topological polar surface area (TPSA) is 99.2 Å². The third-order valence-corrected chi connectivity index (χ3v) is 3.07. The van der Waals surface area contributed by atoms with Crippen LogP contribution in [0.4, 0.5) is 11.4 Å². The molecule has 0 fully saturated rings. The van der Waals surface area contributed by atoms with Crippen LogP contribution in [0.2, 0.25) is 5.15 Å². The molecular formula is C7H2ClN3O4S. The van der Waals surface area contributed by atoms with Gasteiger partial charge in [0, 0.05) is 6.07 Å². The first-order valence-electron chi connectivity index (χ1n) is 3.88. The van der Waals surface area contributed by atoms with Gasteiger partial charge in [0.1, 0.15) is 5.39 Å². The molecule has 0 unspecified atom stereocenters. The number of halogens is 1. The molecule has 0 saturated heterocycles. The van der Waals surface area contributed by atoms with Crippen LogP contribution in [0, 0.1) is 20.2 Å². The van der Waals surface area contributed by atoms with Crippen molar-refractivity contribution in [3.63, 3.8) is 0 Å². The summed E-state index contributed by atoms with van der Waals surface area (Å²) in [7, 11) is 0. The maximum atomic E-state index is 10.7. The first kappa shape index (κ1) is 10.7. The Hall–Kier alpha value is -1.80. The molecule has 0 aliphatic heterocycles. The zero-order valence-electron chi connectivity index (χ0n) is 7.42. The molecule has 7 nitrogen and oxygen atoms in total. The van der Waals surface area contributed by atoms with Gasteiger partial charge in [-0.2, -0.15) is 4.37 Å². The zero-order valence-corrected chi connectivity index (χ0v) is 8.99. The molecule has 0 saturated carbocycles. The van der Waals surface area contributed by atoms with Gasteiger partial charge in [-0.25, -0.2) is 0 Å². The summed E-state index contributed by atoms with van der Waals surface area (Å²) in [5, 5.41) is 21.4. The normalized spacial score (nSPS) is 10.6. The summed E-state index contributed by atoms with van der Waals surface area (Å²) in [5.74, 6) is 0. The number of nitro groups is 2. The highest BCUT2D eigenvalue weighted by Crippen LogP contribution is 2.37. The van der Waals surface area contributed by atoms with Crippen molar-refractivity contribution in [2.75, 3.05) is 0 Å². The molecule has 16 heavy (non-hydrogen) atoms. The third-order valence-electron chi connectivity index (χ3n) is 1.90. The molecule has 0 N–H and O–H groups in total. The molecule has 0 bridgehead atoms. The molecule has 82 valence electrons. The van der Waals surface area contributed by atoms with Gasteiger partial charge in [-0.05, 0) is 11.5 Å². The predicted molar refractivity (Wildman–Crippen MR) is 57.9 cm³/mol. The van der Waals surface area contributed by atoms with E-state index in [1.807, 2.05) is 0 Å². The second-order valence-electron chi connectivity index (χ2n) is 2.83. The minimum Gasteiger partial charge on any atom is -0.258 e. The summed E-state index contributed by atoms with van der Waals surface area (Å²) in [6.45, 7) is 0. The number of nitro benzene ring substituents is 2. The van der Waals surface area contributed by atoms with Crippen molar-refractivity contribution < 1.29 is 9.85 Å². The fraction of sp³-hybridized carbons (Fsp3) is 0. The Morgan fingerprint density at radius 2 is 1.94 bits per heavy atom. The van der Waals surface area contributed by atoms with Gasteiger partial charge in [0.2, 0.25) is 0 Å². The Kier molecular flexibility index (Phi) is 2.44. The molecule has 1 aromatic carbocycles. The molecule has 0 radical (unpaired) electrons. The van der Waals surface area contributed by atoms with Crippen LogP contribution in [0.25, 0.3) is 10.1 Å². The van der Waals surface area contributed by atoms with Crippen molar-refractivity contribution in [1.82, 2.24) is 4.37 Å². The molecule has 0 amide bonds. The molecular weight excluding hydrogens is 258 g/mol. The van der Waals surface area contributed by atoms with Crippen LogP contribution < -0.4 is 0 Å². The Bertz CT molecular complexity index is 611. The van der Waals surface area contributed by atoms with Crippen LogP contribution in [0.5, 0.6) is 0 Å². The fourth-order valence-electron chi connectivity index (χ4n) is 1.25. The van der Waals surface area contributed by atoms with Gasteiger partial charge in [-0.15, -0.1) is 0 Å². The van der Waals surface area contributed by atoms with Crippen LogP contribution in [0.3, 0.4) is 0 Å². The van der Waals surface area contributed by atoms with Crippen molar-refractivity contribution in [2.24, 2.45) is 0 Å². The van der Waals surface area contributed by atoms with E-state index < -0.39 is 15.5 Å². The van der Waals surface area contributed by atoms with Crippen LogP contribution in [-0.4, -0.2) is 14.2 Å². The fourth-order valence-corrected chi connectivity index (χ4v) is 2.34. The molecule has 0 aliphatic rings. The van der Waals surface area contributed by atoms with Crippen LogP contribution in [-0.2, 0) is 0 Å². The number of hydrogen-bond donors (Lipinski definition) is 0. The number of rotatable bonds is 2. The number of nitrogens with zero attached hydrogens (tertiary/aromatic N) is 3. The lowest BCUT2D eigenvalue weighted by atomic mass is 10.2. The second kappa shape index (κ2) is 3.65. The van der Waals surface area contributed by atoms with Crippen molar-refractivity contribution in [2.45, 2.75) is 0 Å². The van der Waals surface area contributed by atoms with Crippen LogP contribution >= 0.6 is 23.1 Å². The Morgan fingerprint density at radius 3 is 2.50 bits per heavy atom. The monoisotopic (exact) mass is 259 g/mol. The quantitative estimate of drug-likeness (QED) is 0.610. The van der Waals surface area contributed by atoms with Crippen molar-refractivity contribution >= 4 is 44.6 Å². The van der Waals surface area contributed by atoms with E-state index in [4.69, 9.17) is 11.6 Å². The van der Waals surface area contributed by atoms with Gasteiger partial charge in [0.25, 0.3) is 11.4 Å². The van der Waals surface area contributed by atoms with Crippen molar-refractivity contribution in [1.29, 1.82) is 0 Å². The standard InChI is InChI=1S/C7H2ClN3O4S/c8-7-6-4(11(14)15)1-3(10(12)13)2-5(6)16-9-7/h1-2H. The minimum absolute atomic E-state index is 0.0124. The predicted octanol–water partition coefficient (Wildman–Crippen LogP) is 2.77. The molecule has 1 aromatic heterocycles.